The monoisotopic (exact) mass is 202 g/mol. The van der Waals surface area contributed by atoms with E-state index in [1.54, 1.807) is 30.6 Å². The molecular weight excluding hydrogens is 192 g/mol. The van der Waals surface area contributed by atoms with Gasteiger partial charge in [0.2, 0.25) is 0 Å². The second kappa shape index (κ2) is 5.64. The van der Waals surface area contributed by atoms with E-state index in [0.29, 0.717) is 0 Å². The fourth-order valence-corrected chi connectivity index (χ4v) is 0.815. The van der Waals surface area contributed by atoms with Crippen LogP contribution in [-0.4, -0.2) is 23.7 Å². The van der Waals surface area contributed by atoms with Crippen LogP contribution in [0.3, 0.4) is 0 Å². The summed E-state index contributed by atoms with van der Waals surface area (Å²) in [5.74, 6) is -0.307. The van der Waals surface area contributed by atoms with E-state index in [9.17, 15) is 4.79 Å². The fourth-order valence-electron chi connectivity index (χ4n) is 0.815. The Morgan fingerprint density at radius 3 is 2.38 bits per heavy atom. The van der Waals surface area contributed by atoms with E-state index in [-0.39, 0.29) is 24.9 Å². The van der Waals surface area contributed by atoms with Crippen LogP contribution in [0.4, 0.5) is 0 Å². The van der Waals surface area contributed by atoms with Gasteiger partial charge in [0.25, 0.3) is 0 Å². The molecule has 1 rings (SSSR count). The van der Waals surface area contributed by atoms with Crippen LogP contribution in [0.2, 0.25) is 0 Å². The number of nitrogens with zero attached hydrogens (tertiary/aromatic N) is 1. The standard InChI is InChI=1S/C8H11N2O2.ClH/c9-7(6-11)8(12)10-4-2-1-3-5-10;/h1-5,7,11H,6,9H2;1H/q+1;/p-1/t7-;/m0./s1. The minimum Gasteiger partial charge on any atom is -1.00 e. The summed E-state index contributed by atoms with van der Waals surface area (Å²) in [5, 5.41) is 8.61. The van der Waals surface area contributed by atoms with E-state index < -0.39 is 6.04 Å². The molecule has 0 bridgehead atoms. The van der Waals surface area contributed by atoms with Gasteiger partial charge >= 0.3 is 5.91 Å². The topological polar surface area (TPSA) is 67.2 Å². The molecule has 3 N–H and O–H groups in total. The predicted molar refractivity (Wildman–Crippen MR) is 42.3 cm³/mol. The third kappa shape index (κ3) is 3.10. The van der Waals surface area contributed by atoms with Crippen LogP contribution in [-0.2, 0) is 0 Å². The lowest BCUT2D eigenvalue weighted by Gasteiger charge is -1.99. The predicted octanol–water partition coefficient (Wildman–Crippen LogP) is -4.06. The molecule has 0 saturated carbocycles. The first-order valence-corrected chi connectivity index (χ1v) is 3.62. The minimum atomic E-state index is -0.836. The number of rotatable bonds is 2. The number of aliphatic hydroxyl groups excluding tert-OH is 1. The molecular formula is C8H11ClN2O2. The second-order valence-corrected chi connectivity index (χ2v) is 2.41. The number of hydrogen-bond donors (Lipinski definition) is 2. The normalized spacial score (nSPS) is 11.5. The maximum absolute atomic E-state index is 11.3. The number of pyridine rings is 1. The van der Waals surface area contributed by atoms with Gasteiger partial charge in [0, 0.05) is 12.1 Å². The van der Waals surface area contributed by atoms with Crippen LogP contribution in [0, 0.1) is 0 Å². The Labute approximate surface area is 82.4 Å². The first-order valence-electron chi connectivity index (χ1n) is 3.62. The molecule has 72 valence electrons. The number of carbonyl (C=O) groups excluding carboxylic acids is 1. The van der Waals surface area contributed by atoms with Crippen LogP contribution >= 0.6 is 0 Å². The first kappa shape index (κ1) is 12.0. The molecule has 5 heteroatoms. The Kier molecular flexibility index (Phi) is 5.22. The molecule has 0 fully saturated rings. The number of aliphatic hydroxyl groups is 1. The fraction of sp³-hybridized carbons (Fsp3) is 0.250. The lowest BCUT2D eigenvalue weighted by molar-refractivity contribution is -0.575. The highest BCUT2D eigenvalue weighted by atomic mass is 35.5. The van der Waals surface area contributed by atoms with Gasteiger partial charge in [-0.05, 0) is 0 Å². The molecule has 0 unspecified atom stereocenters. The van der Waals surface area contributed by atoms with Crippen molar-refractivity contribution < 1.29 is 26.9 Å². The molecule has 0 aliphatic rings. The molecule has 0 amide bonds. The van der Waals surface area contributed by atoms with Crippen molar-refractivity contribution >= 4 is 5.91 Å². The van der Waals surface area contributed by atoms with Gasteiger partial charge in [-0.15, -0.1) is 4.57 Å². The van der Waals surface area contributed by atoms with Gasteiger partial charge < -0.3 is 23.2 Å². The minimum absolute atomic E-state index is 0. The number of aromatic nitrogens is 1. The van der Waals surface area contributed by atoms with Crippen molar-refractivity contribution in [1.82, 2.24) is 0 Å². The van der Waals surface area contributed by atoms with Gasteiger partial charge in [0.05, 0.1) is 6.61 Å². The molecule has 1 heterocycles. The first-order chi connectivity index (χ1) is 5.75. The third-order valence-electron chi connectivity index (χ3n) is 1.48. The number of halogens is 1. The third-order valence-corrected chi connectivity index (χ3v) is 1.48. The zero-order chi connectivity index (χ0) is 8.97. The molecule has 0 aromatic carbocycles. The quantitative estimate of drug-likeness (QED) is 0.480. The van der Waals surface area contributed by atoms with Crippen LogP contribution in [0.25, 0.3) is 0 Å². The van der Waals surface area contributed by atoms with E-state index in [1.807, 2.05) is 0 Å². The van der Waals surface area contributed by atoms with Crippen molar-refractivity contribution in [3.8, 4) is 0 Å². The Balaban J connectivity index is 0.00000144. The molecule has 0 aliphatic heterocycles. The molecule has 0 spiro atoms. The van der Waals surface area contributed by atoms with E-state index in [0.717, 1.165) is 0 Å². The van der Waals surface area contributed by atoms with Crippen molar-refractivity contribution in [2.24, 2.45) is 5.73 Å². The maximum Gasteiger partial charge on any atom is 0.411 e. The molecule has 1 aromatic rings. The van der Waals surface area contributed by atoms with Gasteiger partial charge in [0.1, 0.15) is 0 Å². The van der Waals surface area contributed by atoms with Crippen LogP contribution in [0.15, 0.2) is 30.6 Å². The van der Waals surface area contributed by atoms with Gasteiger partial charge in [-0.2, -0.15) is 0 Å². The highest BCUT2D eigenvalue weighted by molar-refractivity contribution is 5.72. The molecule has 4 nitrogen and oxygen atoms in total. The molecule has 1 aromatic heterocycles. The summed E-state index contributed by atoms with van der Waals surface area (Å²) in [6.45, 7) is -0.333. The van der Waals surface area contributed by atoms with E-state index in [4.69, 9.17) is 10.8 Å². The summed E-state index contributed by atoms with van der Waals surface area (Å²) >= 11 is 0. The van der Waals surface area contributed by atoms with Gasteiger partial charge in [0.15, 0.2) is 18.4 Å². The Morgan fingerprint density at radius 2 is 1.92 bits per heavy atom. The van der Waals surface area contributed by atoms with Gasteiger partial charge in [-0.3, -0.25) is 0 Å². The van der Waals surface area contributed by atoms with E-state index >= 15 is 0 Å². The van der Waals surface area contributed by atoms with Crippen molar-refractivity contribution in [3.63, 3.8) is 0 Å². The van der Waals surface area contributed by atoms with Crippen LogP contribution in [0.1, 0.15) is 4.79 Å². The van der Waals surface area contributed by atoms with E-state index in [2.05, 4.69) is 0 Å². The average molecular weight is 203 g/mol. The number of nitrogens with two attached hydrogens (primary N) is 1. The lowest BCUT2D eigenvalue weighted by Crippen LogP contribution is -3.00. The second-order valence-electron chi connectivity index (χ2n) is 2.41. The zero-order valence-corrected chi connectivity index (χ0v) is 7.69. The Bertz CT molecular complexity index is 266. The summed E-state index contributed by atoms with van der Waals surface area (Å²) in [6.07, 6.45) is 3.19. The Hall–Kier alpha value is -0.970. The number of carbonyl (C=O) groups is 1. The largest absolute Gasteiger partial charge is 1.00 e. The maximum atomic E-state index is 11.3. The SMILES string of the molecule is N[C@@H](CO)C(=O)[n+]1ccccc1.[Cl-]. The van der Waals surface area contributed by atoms with Crippen molar-refractivity contribution in [1.29, 1.82) is 0 Å². The van der Waals surface area contributed by atoms with E-state index in [1.165, 1.54) is 4.57 Å². The summed E-state index contributed by atoms with van der Waals surface area (Å²) in [5.41, 5.74) is 5.33. The molecule has 0 saturated heterocycles. The lowest BCUT2D eigenvalue weighted by atomic mass is 10.3. The molecule has 13 heavy (non-hydrogen) atoms. The van der Waals surface area contributed by atoms with Crippen LogP contribution < -0.4 is 22.7 Å². The molecule has 1 atom stereocenters. The molecule has 0 radical (unpaired) electrons. The average Bonchev–Trinajstić information content (AvgIpc) is 2.17. The number of hydrogen-bond acceptors (Lipinski definition) is 3. The summed E-state index contributed by atoms with van der Waals surface area (Å²) in [6, 6.07) is 4.41. The van der Waals surface area contributed by atoms with Crippen LogP contribution in [0.5, 0.6) is 0 Å². The summed E-state index contributed by atoms with van der Waals surface area (Å²) in [4.78, 5) is 11.3. The van der Waals surface area contributed by atoms with Gasteiger partial charge in [-0.25, -0.2) is 4.79 Å². The summed E-state index contributed by atoms with van der Waals surface area (Å²) < 4.78 is 1.35. The highest BCUT2D eigenvalue weighted by Crippen LogP contribution is 1.80. The smallest absolute Gasteiger partial charge is 0.411 e. The zero-order valence-electron chi connectivity index (χ0n) is 6.93. The van der Waals surface area contributed by atoms with Crippen molar-refractivity contribution in [2.75, 3.05) is 6.61 Å². The highest BCUT2D eigenvalue weighted by Gasteiger charge is 2.21. The summed E-state index contributed by atoms with van der Waals surface area (Å²) in [7, 11) is 0. The molecule has 0 aliphatic carbocycles. The Morgan fingerprint density at radius 1 is 1.38 bits per heavy atom. The van der Waals surface area contributed by atoms with Crippen molar-refractivity contribution in [3.05, 3.63) is 30.6 Å². The van der Waals surface area contributed by atoms with Crippen molar-refractivity contribution in [2.45, 2.75) is 6.04 Å². The van der Waals surface area contributed by atoms with Gasteiger partial charge in [-0.1, -0.05) is 6.07 Å².